The van der Waals surface area contributed by atoms with Crippen LogP contribution in [-0.2, 0) is 4.74 Å². The van der Waals surface area contributed by atoms with Crippen molar-refractivity contribution < 1.29 is 9.53 Å². The van der Waals surface area contributed by atoms with E-state index in [9.17, 15) is 4.79 Å². The molecule has 1 rings (SSSR count). The van der Waals surface area contributed by atoms with Crippen LogP contribution in [-0.4, -0.2) is 42.8 Å². The Balaban J connectivity index is 0.00000169. The van der Waals surface area contributed by atoms with Gasteiger partial charge in [0.1, 0.15) is 5.60 Å². The zero-order chi connectivity index (χ0) is 10.1. The summed E-state index contributed by atoms with van der Waals surface area (Å²) in [5.74, 6) is 0. The zero-order valence-corrected chi connectivity index (χ0v) is 9.98. The first-order chi connectivity index (χ1) is 5.92. The van der Waals surface area contributed by atoms with Crippen LogP contribution in [0.4, 0.5) is 4.79 Å². The topological polar surface area (TPSA) is 41.6 Å². The van der Waals surface area contributed by atoms with Gasteiger partial charge in [0.05, 0.1) is 0 Å². The van der Waals surface area contributed by atoms with E-state index in [0.29, 0.717) is 6.04 Å². The number of nitrogens with one attached hydrogen (secondary N) is 1. The Labute approximate surface area is 91.4 Å². The van der Waals surface area contributed by atoms with Crippen molar-refractivity contribution in [2.45, 2.75) is 32.4 Å². The first kappa shape index (κ1) is 13.5. The molecule has 0 aromatic rings. The highest BCUT2D eigenvalue weighted by Crippen LogP contribution is 2.14. The van der Waals surface area contributed by atoms with E-state index in [1.54, 1.807) is 4.90 Å². The molecule has 1 aliphatic rings. The number of amides is 1. The molecule has 84 valence electrons. The number of carbonyl (C=O) groups is 1. The van der Waals surface area contributed by atoms with E-state index >= 15 is 0 Å². The Bertz CT molecular complexity index is 197. The maximum atomic E-state index is 11.4. The Kier molecular flexibility index (Phi) is 4.68. The second-order valence-corrected chi connectivity index (χ2v) is 4.37. The van der Waals surface area contributed by atoms with Gasteiger partial charge in [0, 0.05) is 19.1 Å². The van der Waals surface area contributed by atoms with Crippen molar-refractivity contribution in [1.82, 2.24) is 10.2 Å². The predicted octanol–water partition coefficient (Wildman–Crippen LogP) is 1.25. The van der Waals surface area contributed by atoms with Crippen LogP contribution in [0, 0.1) is 0 Å². The number of hydrogen-bond donors (Lipinski definition) is 1. The van der Waals surface area contributed by atoms with Crippen molar-refractivity contribution in [1.29, 1.82) is 0 Å². The highest BCUT2D eigenvalue weighted by molar-refractivity contribution is 5.85. The summed E-state index contributed by atoms with van der Waals surface area (Å²) in [6.45, 7) is 7.14. The summed E-state index contributed by atoms with van der Waals surface area (Å²) in [4.78, 5) is 13.1. The largest absolute Gasteiger partial charge is 0.444 e. The van der Waals surface area contributed by atoms with Gasteiger partial charge in [-0.15, -0.1) is 12.4 Å². The van der Waals surface area contributed by atoms with Crippen LogP contribution in [0.5, 0.6) is 0 Å². The van der Waals surface area contributed by atoms with Crippen LogP contribution >= 0.6 is 12.4 Å². The van der Waals surface area contributed by atoms with E-state index in [1.165, 1.54) is 0 Å². The third kappa shape index (κ3) is 3.72. The molecule has 0 radical (unpaired) electrons. The number of likely N-dealkylation sites (N-methyl/N-ethyl adjacent to an activating group) is 1. The minimum atomic E-state index is -0.387. The summed E-state index contributed by atoms with van der Waals surface area (Å²) in [6, 6.07) is 0.438. The number of nitrogens with zero attached hydrogens (tertiary/aromatic N) is 1. The van der Waals surface area contributed by atoms with Gasteiger partial charge in [0.25, 0.3) is 0 Å². The van der Waals surface area contributed by atoms with Gasteiger partial charge in [-0.2, -0.15) is 0 Å². The van der Waals surface area contributed by atoms with Crippen LogP contribution in [0.1, 0.15) is 20.8 Å². The molecule has 0 atom stereocenters. The Morgan fingerprint density at radius 2 is 1.93 bits per heavy atom. The van der Waals surface area contributed by atoms with Crippen molar-refractivity contribution in [3.05, 3.63) is 0 Å². The standard InChI is InChI=1S/C9H18N2O2.ClH/c1-9(2,3)13-8(12)11-5-7(6-11)10-4;/h7,10H,5-6H2,1-4H3;1H. The maximum Gasteiger partial charge on any atom is 0.410 e. The lowest BCUT2D eigenvalue weighted by molar-refractivity contribution is 0.00610. The molecule has 5 heteroatoms. The van der Waals surface area contributed by atoms with Gasteiger partial charge < -0.3 is 15.0 Å². The molecular weight excluding hydrogens is 204 g/mol. The van der Waals surface area contributed by atoms with E-state index in [1.807, 2.05) is 27.8 Å². The fourth-order valence-electron chi connectivity index (χ4n) is 1.14. The van der Waals surface area contributed by atoms with E-state index in [0.717, 1.165) is 13.1 Å². The molecule has 0 aromatic carbocycles. The van der Waals surface area contributed by atoms with Gasteiger partial charge in [-0.1, -0.05) is 0 Å². The molecule has 1 saturated heterocycles. The summed E-state index contributed by atoms with van der Waals surface area (Å²) in [7, 11) is 1.90. The molecule has 1 heterocycles. The van der Waals surface area contributed by atoms with Crippen molar-refractivity contribution in [2.24, 2.45) is 0 Å². The number of ether oxygens (including phenoxy) is 1. The molecule has 0 spiro atoms. The fourth-order valence-corrected chi connectivity index (χ4v) is 1.14. The molecule has 4 nitrogen and oxygen atoms in total. The van der Waals surface area contributed by atoms with Gasteiger partial charge in [0.15, 0.2) is 0 Å². The Hall–Kier alpha value is -0.480. The van der Waals surface area contributed by atoms with Crippen LogP contribution in [0.15, 0.2) is 0 Å². The van der Waals surface area contributed by atoms with E-state index < -0.39 is 0 Å². The lowest BCUT2D eigenvalue weighted by Crippen LogP contribution is -2.59. The summed E-state index contributed by atoms with van der Waals surface area (Å²) in [5, 5.41) is 3.10. The summed E-state index contributed by atoms with van der Waals surface area (Å²) < 4.78 is 5.19. The monoisotopic (exact) mass is 222 g/mol. The minimum absolute atomic E-state index is 0. The van der Waals surface area contributed by atoms with Gasteiger partial charge in [0.2, 0.25) is 0 Å². The molecule has 0 aromatic heterocycles. The quantitative estimate of drug-likeness (QED) is 0.726. The molecule has 1 aliphatic heterocycles. The molecule has 0 saturated carbocycles. The lowest BCUT2D eigenvalue weighted by Gasteiger charge is -2.39. The number of hydrogen-bond acceptors (Lipinski definition) is 3. The third-order valence-corrected chi connectivity index (χ3v) is 1.94. The average molecular weight is 223 g/mol. The summed E-state index contributed by atoms with van der Waals surface area (Å²) in [5.41, 5.74) is -0.387. The second-order valence-electron chi connectivity index (χ2n) is 4.37. The molecule has 1 amide bonds. The highest BCUT2D eigenvalue weighted by atomic mass is 35.5. The van der Waals surface area contributed by atoms with E-state index in [-0.39, 0.29) is 24.1 Å². The van der Waals surface area contributed by atoms with Crippen molar-refractivity contribution in [3.8, 4) is 0 Å². The zero-order valence-electron chi connectivity index (χ0n) is 9.16. The number of carbonyl (C=O) groups excluding carboxylic acids is 1. The predicted molar refractivity (Wildman–Crippen MR) is 57.9 cm³/mol. The van der Waals surface area contributed by atoms with Crippen molar-refractivity contribution >= 4 is 18.5 Å². The summed E-state index contributed by atoms with van der Waals surface area (Å²) >= 11 is 0. The molecule has 0 aliphatic carbocycles. The number of rotatable bonds is 1. The van der Waals surface area contributed by atoms with Gasteiger partial charge in [-0.3, -0.25) is 0 Å². The second kappa shape index (κ2) is 4.84. The molecule has 1 fully saturated rings. The van der Waals surface area contributed by atoms with Crippen molar-refractivity contribution in [2.75, 3.05) is 20.1 Å². The molecule has 14 heavy (non-hydrogen) atoms. The van der Waals surface area contributed by atoms with Gasteiger partial charge in [-0.05, 0) is 27.8 Å². The normalized spacial score (nSPS) is 17.0. The third-order valence-electron chi connectivity index (χ3n) is 1.94. The molecule has 0 unspecified atom stereocenters. The van der Waals surface area contributed by atoms with Gasteiger partial charge in [-0.25, -0.2) is 4.79 Å². The minimum Gasteiger partial charge on any atom is -0.444 e. The maximum absolute atomic E-state index is 11.4. The lowest BCUT2D eigenvalue weighted by atomic mass is 10.1. The Morgan fingerprint density at radius 3 is 2.29 bits per heavy atom. The first-order valence-corrected chi connectivity index (χ1v) is 4.57. The number of likely N-dealkylation sites (tertiary alicyclic amines) is 1. The molecular formula is C9H19ClN2O2. The molecule has 1 N–H and O–H groups in total. The first-order valence-electron chi connectivity index (χ1n) is 4.57. The summed E-state index contributed by atoms with van der Waals surface area (Å²) in [6.07, 6.45) is -0.209. The van der Waals surface area contributed by atoms with E-state index in [4.69, 9.17) is 4.74 Å². The highest BCUT2D eigenvalue weighted by Gasteiger charge is 2.32. The fraction of sp³-hybridized carbons (Fsp3) is 0.889. The SMILES string of the molecule is CNC1CN(C(=O)OC(C)(C)C)C1.Cl. The van der Waals surface area contributed by atoms with Crippen LogP contribution in [0.3, 0.4) is 0 Å². The van der Waals surface area contributed by atoms with Crippen molar-refractivity contribution in [3.63, 3.8) is 0 Å². The van der Waals surface area contributed by atoms with Gasteiger partial charge >= 0.3 is 6.09 Å². The number of halogens is 1. The van der Waals surface area contributed by atoms with Crippen LogP contribution in [0.2, 0.25) is 0 Å². The Morgan fingerprint density at radius 1 is 1.43 bits per heavy atom. The van der Waals surface area contributed by atoms with Crippen LogP contribution in [0.25, 0.3) is 0 Å². The van der Waals surface area contributed by atoms with E-state index in [2.05, 4.69) is 5.32 Å². The molecule has 0 bridgehead atoms. The average Bonchev–Trinajstić information content (AvgIpc) is 1.79. The van der Waals surface area contributed by atoms with Crippen LogP contribution < -0.4 is 5.32 Å². The smallest absolute Gasteiger partial charge is 0.410 e.